The lowest BCUT2D eigenvalue weighted by atomic mass is 10.2. The first-order chi connectivity index (χ1) is 16.6. The summed E-state index contributed by atoms with van der Waals surface area (Å²) < 4.78 is 61.7. The minimum atomic E-state index is -4.94. The number of aromatic nitrogens is 3. The molecule has 35 heavy (non-hydrogen) atoms. The van der Waals surface area contributed by atoms with Crippen LogP contribution in [0.3, 0.4) is 0 Å². The van der Waals surface area contributed by atoms with Crippen molar-refractivity contribution in [1.29, 1.82) is 0 Å². The van der Waals surface area contributed by atoms with Crippen LogP contribution in [0.2, 0.25) is 0 Å². The SMILES string of the molecule is Nc1nc(=O)n(C2CC(F)C(CO)O2)cc1C#Cc1ccc(COCCNC(=O)C(F)(F)F)nc1. The highest BCUT2D eigenvalue weighted by molar-refractivity contribution is 5.81. The van der Waals surface area contributed by atoms with Crippen molar-refractivity contribution in [3.05, 3.63) is 51.8 Å². The van der Waals surface area contributed by atoms with Crippen LogP contribution in [0.5, 0.6) is 0 Å². The fourth-order valence-electron chi connectivity index (χ4n) is 3.04. The first kappa shape index (κ1) is 26.1. The molecular formula is C21H21F4N5O5. The van der Waals surface area contributed by atoms with E-state index >= 15 is 0 Å². The number of alkyl halides is 4. The lowest BCUT2D eigenvalue weighted by Crippen LogP contribution is -2.38. The van der Waals surface area contributed by atoms with Gasteiger partial charge in [0.2, 0.25) is 0 Å². The molecule has 3 atom stereocenters. The Morgan fingerprint density at radius 1 is 1.37 bits per heavy atom. The van der Waals surface area contributed by atoms with Crippen LogP contribution in [0.15, 0.2) is 29.3 Å². The molecule has 0 aromatic carbocycles. The number of anilines is 1. The van der Waals surface area contributed by atoms with E-state index in [1.807, 2.05) is 0 Å². The van der Waals surface area contributed by atoms with Crippen molar-refractivity contribution in [2.24, 2.45) is 0 Å². The summed E-state index contributed by atoms with van der Waals surface area (Å²) >= 11 is 0. The maximum atomic E-state index is 13.9. The van der Waals surface area contributed by atoms with Gasteiger partial charge in [-0.1, -0.05) is 11.8 Å². The highest BCUT2D eigenvalue weighted by Crippen LogP contribution is 2.29. The number of amides is 1. The van der Waals surface area contributed by atoms with E-state index in [2.05, 4.69) is 21.8 Å². The predicted octanol–water partition coefficient (Wildman–Crippen LogP) is 0.433. The maximum absolute atomic E-state index is 13.9. The first-order valence-electron chi connectivity index (χ1n) is 10.3. The molecule has 2 aromatic rings. The molecule has 1 aliphatic heterocycles. The van der Waals surface area contributed by atoms with Gasteiger partial charge in [0.25, 0.3) is 0 Å². The summed E-state index contributed by atoms with van der Waals surface area (Å²) in [7, 11) is 0. The van der Waals surface area contributed by atoms with E-state index in [-0.39, 0.29) is 37.6 Å². The molecule has 0 saturated carbocycles. The van der Waals surface area contributed by atoms with Crippen LogP contribution in [0.4, 0.5) is 23.4 Å². The van der Waals surface area contributed by atoms with Crippen LogP contribution in [0, 0.1) is 11.8 Å². The number of pyridine rings is 1. The van der Waals surface area contributed by atoms with Crippen molar-refractivity contribution in [1.82, 2.24) is 19.9 Å². The third-order valence-electron chi connectivity index (χ3n) is 4.84. The second-order valence-electron chi connectivity index (χ2n) is 7.39. The molecule has 4 N–H and O–H groups in total. The van der Waals surface area contributed by atoms with Crippen LogP contribution < -0.4 is 16.7 Å². The molecule has 10 nitrogen and oxygen atoms in total. The quantitative estimate of drug-likeness (QED) is 0.283. The number of halogens is 4. The number of nitrogens with one attached hydrogen (secondary N) is 1. The van der Waals surface area contributed by atoms with Crippen molar-refractivity contribution in [2.45, 2.75) is 37.7 Å². The molecule has 1 amide bonds. The van der Waals surface area contributed by atoms with Crippen molar-refractivity contribution in [2.75, 3.05) is 25.5 Å². The number of nitrogens with zero attached hydrogens (tertiary/aromatic N) is 3. The second kappa shape index (κ2) is 11.3. The summed E-state index contributed by atoms with van der Waals surface area (Å²) in [6.07, 6.45) is -5.76. The number of carbonyl (C=O) groups is 1. The van der Waals surface area contributed by atoms with Gasteiger partial charge in [-0.2, -0.15) is 18.2 Å². The third-order valence-corrected chi connectivity index (χ3v) is 4.84. The molecular weight excluding hydrogens is 478 g/mol. The highest BCUT2D eigenvalue weighted by Gasteiger charge is 2.38. The van der Waals surface area contributed by atoms with Crippen molar-refractivity contribution >= 4 is 11.7 Å². The van der Waals surface area contributed by atoms with E-state index in [4.69, 9.17) is 20.3 Å². The van der Waals surface area contributed by atoms with Crippen LogP contribution in [0.25, 0.3) is 0 Å². The molecule has 3 rings (SSSR count). The minimum Gasteiger partial charge on any atom is -0.394 e. The number of hydrogen-bond acceptors (Lipinski definition) is 8. The zero-order valence-corrected chi connectivity index (χ0v) is 18.1. The van der Waals surface area contributed by atoms with Gasteiger partial charge in [0.1, 0.15) is 24.3 Å². The molecule has 188 valence electrons. The number of aliphatic hydroxyl groups is 1. The normalized spacial score (nSPS) is 19.7. The van der Waals surface area contributed by atoms with Gasteiger partial charge < -0.3 is 25.6 Å². The molecule has 0 radical (unpaired) electrons. The molecule has 14 heteroatoms. The number of aliphatic hydroxyl groups excluding tert-OH is 1. The molecule has 2 aromatic heterocycles. The van der Waals surface area contributed by atoms with Crippen LogP contribution in [-0.4, -0.2) is 63.8 Å². The Hall–Kier alpha value is -3.54. The topological polar surface area (TPSA) is 142 Å². The lowest BCUT2D eigenvalue weighted by Gasteiger charge is -2.14. The lowest BCUT2D eigenvalue weighted by molar-refractivity contribution is -0.173. The zero-order chi connectivity index (χ0) is 25.6. The fraction of sp³-hybridized carbons (Fsp3) is 0.429. The summed E-state index contributed by atoms with van der Waals surface area (Å²) in [5.41, 5.74) is 6.19. The third kappa shape index (κ3) is 6.98. The van der Waals surface area contributed by atoms with Crippen LogP contribution >= 0.6 is 0 Å². The highest BCUT2D eigenvalue weighted by atomic mass is 19.4. The van der Waals surface area contributed by atoms with Gasteiger partial charge in [0.15, 0.2) is 0 Å². The summed E-state index contributed by atoms with van der Waals surface area (Å²) in [4.78, 5) is 30.7. The molecule has 0 spiro atoms. The van der Waals surface area contributed by atoms with Gasteiger partial charge in [0, 0.05) is 30.9 Å². The van der Waals surface area contributed by atoms with E-state index in [0.29, 0.717) is 11.3 Å². The Bertz CT molecular complexity index is 1160. The minimum absolute atomic E-state index is 0.00319. The van der Waals surface area contributed by atoms with E-state index in [0.717, 1.165) is 4.57 Å². The monoisotopic (exact) mass is 499 g/mol. The second-order valence-corrected chi connectivity index (χ2v) is 7.39. The molecule has 0 aliphatic carbocycles. The number of nitrogen functional groups attached to an aromatic ring is 1. The average molecular weight is 499 g/mol. The average Bonchev–Trinajstić information content (AvgIpc) is 3.18. The summed E-state index contributed by atoms with van der Waals surface area (Å²) in [6.45, 7) is -0.967. The van der Waals surface area contributed by atoms with Gasteiger partial charge in [-0.15, -0.1) is 0 Å². The molecule has 1 saturated heterocycles. The molecule has 3 unspecified atom stereocenters. The first-order valence-corrected chi connectivity index (χ1v) is 10.3. The van der Waals surface area contributed by atoms with Crippen LogP contribution in [0.1, 0.15) is 29.5 Å². The number of nitrogens with two attached hydrogens (primary N) is 1. The van der Waals surface area contributed by atoms with Gasteiger partial charge in [-0.25, -0.2) is 9.18 Å². The van der Waals surface area contributed by atoms with Gasteiger partial charge in [0.05, 0.1) is 31.1 Å². The molecule has 1 fully saturated rings. The summed E-state index contributed by atoms with van der Waals surface area (Å²) in [5, 5.41) is 10.8. The molecule has 3 heterocycles. The van der Waals surface area contributed by atoms with Gasteiger partial charge >= 0.3 is 17.8 Å². The van der Waals surface area contributed by atoms with Crippen LogP contribution in [-0.2, 0) is 20.9 Å². The molecule has 1 aliphatic rings. The Morgan fingerprint density at radius 2 is 2.14 bits per heavy atom. The Labute approximate surface area is 196 Å². The summed E-state index contributed by atoms with van der Waals surface area (Å²) in [5.74, 6) is 3.40. The van der Waals surface area contributed by atoms with Gasteiger partial charge in [-0.3, -0.25) is 14.3 Å². The Balaban J connectivity index is 1.58. The van der Waals surface area contributed by atoms with Gasteiger partial charge in [-0.05, 0) is 12.1 Å². The smallest absolute Gasteiger partial charge is 0.394 e. The van der Waals surface area contributed by atoms with E-state index in [9.17, 15) is 27.2 Å². The molecule has 0 bridgehead atoms. The summed E-state index contributed by atoms with van der Waals surface area (Å²) in [6, 6.07) is 3.20. The largest absolute Gasteiger partial charge is 0.471 e. The predicted molar refractivity (Wildman–Crippen MR) is 112 cm³/mol. The van der Waals surface area contributed by atoms with E-state index < -0.39 is 42.9 Å². The number of carbonyl (C=O) groups excluding carboxylic acids is 1. The standard InChI is InChI=1S/C21H21F4N5O5/c22-15-7-17(35-16(15)10-31)30-9-13(18(26)29-20(30)33)3-1-12-2-4-14(28-8-12)11-34-6-5-27-19(32)21(23,24)25/h2,4,8-9,15-17,31H,5-7,10-11H2,(H,27,32)(H2,26,29,33). The number of rotatable bonds is 7. The van der Waals surface area contributed by atoms with Crippen molar-refractivity contribution in [3.63, 3.8) is 0 Å². The van der Waals surface area contributed by atoms with E-state index in [1.165, 1.54) is 12.4 Å². The maximum Gasteiger partial charge on any atom is 0.471 e. The van der Waals surface area contributed by atoms with E-state index in [1.54, 1.807) is 17.4 Å². The Kier molecular flexibility index (Phi) is 8.39. The number of ether oxygens (including phenoxy) is 2. The fourth-order valence-corrected chi connectivity index (χ4v) is 3.04. The zero-order valence-electron chi connectivity index (χ0n) is 18.1. The van der Waals surface area contributed by atoms with Crippen molar-refractivity contribution in [3.8, 4) is 11.8 Å². The number of hydrogen-bond donors (Lipinski definition) is 3. The Morgan fingerprint density at radius 3 is 2.77 bits per heavy atom. The van der Waals surface area contributed by atoms with Crippen molar-refractivity contribution < 1.29 is 36.9 Å².